The summed E-state index contributed by atoms with van der Waals surface area (Å²) in [4.78, 5) is 3.83. The molecule has 5 N–H and O–H groups in total. The van der Waals surface area contributed by atoms with Gasteiger partial charge in [0.25, 0.3) is 0 Å². The summed E-state index contributed by atoms with van der Waals surface area (Å²) in [6.07, 6.45) is 3.58. The van der Waals surface area contributed by atoms with E-state index in [0.29, 0.717) is 18.7 Å². The Morgan fingerprint density at radius 1 is 1.47 bits per heavy atom. The van der Waals surface area contributed by atoms with E-state index >= 15 is 0 Å². The van der Waals surface area contributed by atoms with Crippen molar-refractivity contribution in [3.63, 3.8) is 0 Å². The predicted molar refractivity (Wildman–Crippen MR) is 59.7 cm³/mol. The number of nitrogens with one attached hydrogen (secondary N) is 1. The van der Waals surface area contributed by atoms with Crippen LogP contribution in [0.2, 0.25) is 0 Å². The van der Waals surface area contributed by atoms with Crippen LogP contribution in [0.15, 0.2) is 18.5 Å². The van der Waals surface area contributed by atoms with Gasteiger partial charge in [0.15, 0.2) is 0 Å². The minimum atomic E-state index is -3.37. The molecule has 0 amide bonds. The molecular weight excluding hydrogens is 216 g/mol. The molecule has 1 aromatic heterocycles. The number of hydrogen-bond donors (Lipinski definition) is 3. The number of aromatic nitrogens is 1. The molecule has 0 aliphatic rings. The first-order valence-corrected chi connectivity index (χ1v) is 6.14. The first-order valence-electron chi connectivity index (χ1n) is 4.43. The lowest BCUT2D eigenvalue weighted by Gasteiger charge is -2.07. The van der Waals surface area contributed by atoms with Crippen LogP contribution >= 0.6 is 0 Å². The fraction of sp³-hybridized carbons (Fsp3) is 0.375. The Bertz CT molecular complexity index is 418. The normalized spacial score (nSPS) is 11.3. The van der Waals surface area contributed by atoms with Gasteiger partial charge in [-0.15, -0.1) is 0 Å². The topological polar surface area (TPSA) is 111 Å². The summed E-state index contributed by atoms with van der Waals surface area (Å²) in [5.41, 5.74) is 6.91. The highest BCUT2D eigenvalue weighted by Crippen LogP contribution is 2.14. The molecule has 0 radical (unpaired) electrons. The molecule has 15 heavy (non-hydrogen) atoms. The maximum atomic E-state index is 10.6. The number of nitrogens with zero attached hydrogens (tertiary/aromatic N) is 1. The summed E-state index contributed by atoms with van der Waals surface area (Å²) in [6.45, 7) is 0.505. The summed E-state index contributed by atoms with van der Waals surface area (Å²) in [6, 6.07) is 1.73. The highest BCUT2D eigenvalue weighted by molar-refractivity contribution is 7.89. The van der Waals surface area contributed by atoms with Crippen molar-refractivity contribution < 1.29 is 8.42 Å². The van der Waals surface area contributed by atoms with Crippen molar-refractivity contribution in [2.24, 2.45) is 5.14 Å². The van der Waals surface area contributed by atoms with Crippen LogP contribution in [-0.2, 0) is 10.0 Å². The van der Waals surface area contributed by atoms with E-state index in [4.69, 9.17) is 10.9 Å². The number of primary sulfonamides is 1. The molecule has 0 saturated carbocycles. The fourth-order valence-corrected chi connectivity index (χ4v) is 1.61. The van der Waals surface area contributed by atoms with Crippen LogP contribution < -0.4 is 16.2 Å². The number of pyridine rings is 1. The van der Waals surface area contributed by atoms with Gasteiger partial charge in [-0.25, -0.2) is 13.6 Å². The fourth-order valence-electron chi connectivity index (χ4n) is 1.06. The molecule has 1 heterocycles. The second-order valence-electron chi connectivity index (χ2n) is 3.11. The number of rotatable bonds is 5. The van der Waals surface area contributed by atoms with E-state index in [1.54, 1.807) is 12.3 Å². The van der Waals surface area contributed by atoms with Crippen molar-refractivity contribution in [2.45, 2.75) is 6.42 Å². The van der Waals surface area contributed by atoms with Crippen LogP contribution in [0, 0.1) is 0 Å². The maximum Gasteiger partial charge on any atom is 0.209 e. The van der Waals surface area contributed by atoms with Gasteiger partial charge in [0, 0.05) is 12.7 Å². The molecule has 0 saturated heterocycles. The molecule has 7 heteroatoms. The zero-order valence-corrected chi connectivity index (χ0v) is 9.00. The van der Waals surface area contributed by atoms with Gasteiger partial charge in [0.2, 0.25) is 10.0 Å². The second kappa shape index (κ2) is 4.94. The third-order valence-corrected chi connectivity index (χ3v) is 2.63. The molecule has 0 fully saturated rings. The molecular formula is C8H14N4O2S. The zero-order valence-electron chi connectivity index (χ0n) is 8.18. The second-order valence-corrected chi connectivity index (χ2v) is 4.84. The molecule has 0 unspecified atom stereocenters. The lowest BCUT2D eigenvalue weighted by molar-refractivity contribution is 0.596. The molecule has 84 valence electrons. The SMILES string of the molecule is Nc1cnccc1NCCCS(N)(=O)=O. The Balaban J connectivity index is 2.36. The quantitative estimate of drug-likeness (QED) is 0.604. The molecule has 1 aromatic rings. The first kappa shape index (κ1) is 11.7. The average Bonchev–Trinajstić information content (AvgIpc) is 2.13. The van der Waals surface area contributed by atoms with E-state index in [2.05, 4.69) is 10.3 Å². The van der Waals surface area contributed by atoms with Crippen LogP contribution in [0.3, 0.4) is 0 Å². The molecule has 1 rings (SSSR count). The summed E-state index contributed by atoms with van der Waals surface area (Å²) < 4.78 is 21.2. The van der Waals surface area contributed by atoms with Gasteiger partial charge in [-0.3, -0.25) is 4.98 Å². The minimum absolute atomic E-state index is 0.0367. The first-order chi connectivity index (χ1) is 6.99. The van der Waals surface area contributed by atoms with E-state index in [1.807, 2.05) is 0 Å². The Morgan fingerprint density at radius 3 is 2.80 bits per heavy atom. The number of anilines is 2. The van der Waals surface area contributed by atoms with Gasteiger partial charge in [0.1, 0.15) is 0 Å². The molecule has 0 bridgehead atoms. The van der Waals surface area contributed by atoms with Crippen LogP contribution in [0.25, 0.3) is 0 Å². The van der Waals surface area contributed by atoms with Gasteiger partial charge < -0.3 is 11.1 Å². The highest BCUT2D eigenvalue weighted by Gasteiger charge is 2.02. The summed E-state index contributed by atoms with van der Waals surface area (Å²) in [5, 5.41) is 7.86. The van der Waals surface area contributed by atoms with E-state index in [1.165, 1.54) is 6.20 Å². The maximum absolute atomic E-state index is 10.6. The third kappa shape index (κ3) is 4.61. The zero-order chi connectivity index (χ0) is 11.3. The number of nitrogen functional groups attached to an aromatic ring is 1. The molecule has 0 spiro atoms. The smallest absolute Gasteiger partial charge is 0.209 e. The largest absolute Gasteiger partial charge is 0.396 e. The standard InChI is InChI=1S/C8H14N4O2S/c9-7-6-11-4-2-8(7)12-3-1-5-15(10,13)14/h2,4,6H,1,3,5,9H2,(H,11,12)(H2,10,13,14). The van der Waals surface area contributed by atoms with Crippen LogP contribution in [0.4, 0.5) is 11.4 Å². The van der Waals surface area contributed by atoms with Gasteiger partial charge >= 0.3 is 0 Å². The Kier molecular flexibility index (Phi) is 3.87. The van der Waals surface area contributed by atoms with Crippen molar-refractivity contribution in [1.82, 2.24) is 4.98 Å². The summed E-state index contributed by atoms with van der Waals surface area (Å²) in [7, 11) is -3.37. The van der Waals surface area contributed by atoms with Gasteiger partial charge in [-0.05, 0) is 12.5 Å². The number of sulfonamides is 1. The molecule has 0 aromatic carbocycles. The Hall–Kier alpha value is -1.34. The lowest BCUT2D eigenvalue weighted by Crippen LogP contribution is -2.18. The predicted octanol–water partition coefficient (Wildman–Crippen LogP) is -0.246. The van der Waals surface area contributed by atoms with Crippen LogP contribution in [0.1, 0.15) is 6.42 Å². The van der Waals surface area contributed by atoms with Crippen molar-refractivity contribution in [3.05, 3.63) is 18.5 Å². The van der Waals surface area contributed by atoms with Gasteiger partial charge in [0.05, 0.1) is 23.3 Å². The van der Waals surface area contributed by atoms with Crippen LogP contribution in [-0.4, -0.2) is 25.7 Å². The molecule has 0 aliphatic heterocycles. The van der Waals surface area contributed by atoms with Crippen molar-refractivity contribution >= 4 is 21.4 Å². The van der Waals surface area contributed by atoms with E-state index in [9.17, 15) is 8.42 Å². The molecule has 0 atom stereocenters. The van der Waals surface area contributed by atoms with E-state index < -0.39 is 10.0 Å². The molecule has 0 aliphatic carbocycles. The van der Waals surface area contributed by atoms with Crippen molar-refractivity contribution in [2.75, 3.05) is 23.3 Å². The summed E-state index contributed by atoms with van der Waals surface area (Å²) in [5.74, 6) is -0.0367. The van der Waals surface area contributed by atoms with E-state index in [0.717, 1.165) is 5.69 Å². The van der Waals surface area contributed by atoms with Crippen molar-refractivity contribution in [1.29, 1.82) is 0 Å². The highest BCUT2D eigenvalue weighted by atomic mass is 32.2. The lowest BCUT2D eigenvalue weighted by atomic mass is 10.3. The average molecular weight is 230 g/mol. The Labute approximate surface area is 88.7 Å². The Morgan fingerprint density at radius 2 is 2.20 bits per heavy atom. The third-order valence-electron chi connectivity index (χ3n) is 1.77. The molecule has 6 nitrogen and oxygen atoms in total. The summed E-state index contributed by atoms with van der Waals surface area (Å²) >= 11 is 0. The number of hydrogen-bond acceptors (Lipinski definition) is 5. The van der Waals surface area contributed by atoms with E-state index in [-0.39, 0.29) is 5.75 Å². The van der Waals surface area contributed by atoms with Crippen molar-refractivity contribution in [3.8, 4) is 0 Å². The monoisotopic (exact) mass is 230 g/mol. The minimum Gasteiger partial charge on any atom is -0.396 e. The van der Waals surface area contributed by atoms with Gasteiger partial charge in [-0.2, -0.15) is 0 Å². The number of nitrogens with two attached hydrogens (primary N) is 2. The van der Waals surface area contributed by atoms with Crippen LogP contribution in [0.5, 0.6) is 0 Å². The van der Waals surface area contributed by atoms with Gasteiger partial charge in [-0.1, -0.05) is 0 Å².